The summed E-state index contributed by atoms with van der Waals surface area (Å²) in [6.45, 7) is 1.45. The highest BCUT2D eigenvalue weighted by molar-refractivity contribution is 5.93. The van der Waals surface area contributed by atoms with Crippen molar-refractivity contribution in [2.45, 2.75) is 50.5 Å². The number of likely N-dealkylation sites (N-methyl/N-ethyl adjacent to an activating group) is 1. The average molecular weight is 565 g/mol. The monoisotopic (exact) mass is 564 g/mol. The van der Waals surface area contributed by atoms with Gasteiger partial charge in [0.1, 0.15) is 12.1 Å². The number of rotatable bonds is 5. The molecule has 0 saturated carbocycles. The zero-order chi connectivity index (χ0) is 29.4. The number of carbonyl (C=O) groups is 5. The minimum atomic E-state index is -1.06. The number of morpholine rings is 1. The number of benzene rings is 1. The third kappa shape index (κ3) is 8.34. The van der Waals surface area contributed by atoms with Gasteiger partial charge in [-0.25, -0.2) is 0 Å². The number of nitrogens with zero attached hydrogens (tertiary/aromatic N) is 3. The Bertz CT molecular complexity index is 1240. The minimum Gasteiger partial charge on any atom is -0.360 e. The van der Waals surface area contributed by atoms with Crippen molar-refractivity contribution < 1.29 is 28.7 Å². The number of fused-ring (bicyclic) bond motifs is 2. The summed E-state index contributed by atoms with van der Waals surface area (Å²) in [4.78, 5) is 72.3. The maximum atomic E-state index is 13.5. The van der Waals surface area contributed by atoms with Crippen molar-refractivity contribution >= 4 is 29.5 Å². The van der Waals surface area contributed by atoms with Crippen molar-refractivity contribution in [2.24, 2.45) is 0 Å². The third-order valence-corrected chi connectivity index (χ3v) is 7.09. The highest BCUT2D eigenvalue weighted by Gasteiger charge is 2.37. The second-order valence-electron chi connectivity index (χ2n) is 10.4. The molecule has 218 valence electrons. The first-order chi connectivity index (χ1) is 19.7. The fourth-order valence-corrected chi connectivity index (χ4v) is 4.85. The van der Waals surface area contributed by atoms with Gasteiger partial charge in [-0.15, -0.1) is 0 Å². The summed E-state index contributed by atoms with van der Waals surface area (Å²) < 4.78 is 6.04. The largest absolute Gasteiger partial charge is 0.360 e. The summed E-state index contributed by atoms with van der Waals surface area (Å²) in [7, 11) is 1.46. The molecule has 41 heavy (non-hydrogen) atoms. The molecule has 1 aromatic carbocycles. The second kappa shape index (κ2) is 13.8. The lowest BCUT2D eigenvalue weighted by atomic mass is 10.0. The Hall–Kier alpha value is -4.32. The van der Waals surface area contributed by atoms with E-state index in [-0.39, 0.29) is 44.9 Å². The molecule has 3 heterocycles. The van der Waals surface area contributed by atoms with Crippen LogP contribution in [0.2, 0.25) is 0 Å². The van der Waals surface area contributed by atoms with E-state index in [9.17, 15) is 24.0 Å². The molecule has 3 N–H and O–H groups in total. The molecule has 5 amide bonds. The van der Waals surface area contributed by atoms with Gasteiger partial charge >= 0.3 is 0 Å². The number of amides is 5. The van der Waals surface area contributed by atoms with Crippen LogP contribution < -0.4 is 16.0 Å². The Labute approximate surface area is 238 Å². The van der Waals surface area contributed by atoms with Crippen LogP contribution in [0.15, 0.2) is 54.9 Å². The number of carbonyl (C=O) groups excluding carboxylic acids is 5. The summed E-state index contributed by atoms with van der Waals surface area (Å²) in [5.74, 6) is -2.15. The van der Waals surface area contributed by atoms with E-state index < -0.39 is 47.9 Å². The van der Waals surface area contributed by atoms with Gasteiger partial charge in [-0.1, -0.05) is 36.4 Å². The molecular formula is C29H36N6O6. The molecule has 12 nitrogen and oxygen atoms in total. The van der Waals surface area contributed by atoms with Gasteiger partial charge in [0.2, 0.25) is 23.6 Å². The van der Waals surface area contributed by atoms with Gasteiger partial charge in [-0.05, 0) is 30.5 Å². The average Bonchev–Trinajstić information content (AvgIpc) is 2.98. The predicted molar refractivity (Wildman–Crippen MR) is 148 cm³/mol. The first-order valence-corrected chi connectivity index (χ1v) is 13.7. The van der Waals surface area contributed by atoms with Gasteiger partial charge in [-0.3, -0.25) is 29.0 Å². The van der Waals surface area contributed by atoms with Crippen LogP contribution in [0.4, 0.5) is 0 Å². The molecule has 2 bridgehead atoms. The van der Waals surface area contributed by atoms with Crippen LogP contribution in [0, 0.1) is 0 Å². The van der Waals surface area contributed by atoms with E-state index >= 15 is 0 Å². The fraction of sp³-hybridized carbons (Fsp3) is 0.448. The quantitative estimate of drug-likeness (QED) is 0.440. The third-order valence-electron chi connectivity index (χ3n) is 7.09. The predicted octanol–water partition coefficient (Wildman–Crippen LogP) is -0.569. The van der Waals surface area contributed by atoms with Crippen molar-refractivity contribution in [1.29, 1.82) is 0 Å². The Morgan fingerprint density at radius 3 is 2.49 bits per heavy atom. The first-order valence-electron chi connectivity index (χ1n) is 13.7. The van der Waals surface area contributed by atoms with Crippen molar-refractivity contribution in [3.8, 4) is 0 Å². The summed E-state index contributed by atoms with van der Waals surface area (Å²) in [5.41, 5.74) is 1.74. The van der Waals surface area contributed by atoms with Crippen molar-refractivity contribution in [3.05, 3.63) is 66.0 Å². The molecule has 4 rings (SSSR count). The molecule has 2 saturated heterocycles. The molecule has 12 heteroatoms. The smallest absolute Gasteiger partial charge is 0.251 e. The van der Waals surface area contributed by atoms with E-state index in [0.29, 0.717) is 6.42 Å². The van der Waals surface area contributed by atoms with Gasteiger partial charge in [0, 0.05) is 45.4 Å². The van der Waals surface area contributed by atoms with Gasteiger partial charge in [0.05, 0.1) is 19.2 Å². The SMILES string of the molecule is C[C@H]1NC(=O)CN(C)C(=O)[C@@H](Cc2ccccc2)NC(=O)[C@H]2CN(C(=O)CCc3cccnc3)C[C@H](CNC1=O)O2. The molecule has 0 radical (unpaired) electrons. The molecule has 2 aliphatic heterocycles. The number of hydrogen-bond acceptors (Lipinski definition) is 7. The maximum absolute atomic E-state index is 13.5. The highest BCUT2D eigenvalue weighted by Crippen LogP contribution is 2.16. The molecule has 2 aliphatic rings. The molecule has 0 spiro atoms. The van der Waals surface area contributed by atoms with Crippen molar-refractivity contribution in [2.75, 3.05) is 33.2 Å². The Balaban J connectivity index is 1.56. The molecule has 2 aromatic rings. The Morgan fingerprint density at radius 1 is 1.00 bits per heavy atom. The number of pyridine rings is 1. The standard InChI is InChI=1S/C29H36N6O6/c1-19-27(38)31-15-22-16-35(26(37)11-10-21-9-6-12-30-14-21)17-24(41-22)28(39)33-23(13-20-7-4-3-5-8-20)29(40)34(2)18-25(36)32-19/h3-9,12,14,19,22-24H,10-11,13,15-18H2,1-2H3,(H,31,38)(H,32,36)(H,33,39)/t19-,22+,23-,24-/m1/s1. The summed E-state index contributed by atoms with van der Waals surface area (Å²) in [6.07, 6.45) is 2.51. The molecular weight excluding hydrogens is 528 g/mol. The zero-order valence-electron chi connectivity index (χ0n) is 23.2. The van der Waals surface area contributed by atoms with Crippen LogP contribution in [0.25, 0.3) is 0 Å². The lowest BCUT2D eigenvalue weighted by Crippen LogP contribution is -2.59. The lowest BCUT2D eigenvalue weighted by Gasteiger charge is -2.38. The van der Waals surface area contributed by atoms with Crippen LogP contribution in [0.3, 0.4) is 0 Å². The fourth-order valence-electron chi connectivity index (χ4n) is 4.85. The second-order valence-corrected chi connectivity index (χ2v) is 10.4. The van der Waals surface area contributed by atoms with Crippen molar-refractivity contribution in [3.63, 3.8) is 0 Å². The first kappa shape index (κ1) is 29.7. The van der Waals surface area contributed by atoms with E-state index in [1.54, 1.807) is 23.4 Å². The number of aryl methyl sites for hydroxylation is 1. The topological polar surface area (TPSA) is 150 Å². The maximum Gasteiger partial charge on any atom is 0.251 e. The minimum absolute atomic E-state index is 0.000678. The highest BCUT2D eigenvalue weighted by atomic mass is 16.5. The number of hydrogen-bond donors (Lipinski definition) is 3. The van der Waals surface area contributed by atoms with Gasteiger partial charge < -0.3 is 30.5 Å². The molecule has 1 aromatic heterocycles. The zero-order valence-corrected chi connectivity index (χ0v) is 23.2. The number of aromatic nitrogens is 1. The van der Waals surface area contributed by atoms with Crippen molar-refractivity contribution in [1.82, 2.24) is 30.7 Å². The Morgan fingerprint density at radius 2 is 1.76 bits per heavy atom. The summed E-state index contributed by atoms with van der Waals surface area (Å²) in [5, 5.41) is 8.13. The van der Waals surface area contributed by atoms with Crippen LogP contribution in [0.1, 0.15) is 24.5 Å². The van der Waals surface area contributed by atoms with E-state index in [2.05, 4.69) is 20.9 Å². The summed E-state index contributed by atoms with van der Waals surface area (Å²) in [6, 6.07) is 11.0. The van der Waals surface area contributed by atoms with Gasteiger partial charge in [0.25, 0.3) is 5.91 Å². The van der Waals surface area contributed by atoms with E-state index in [1.807, 2.05) is 36.4 Å². The summed E-state index contributed by atoms with van der Waals surface area (Å²) >= 11 is 0. The van der Waals surface area contributed by atoms with Crippen LogP contribution in [-0.4, -0.2) is 102 Å². The number of ether oxygens (including phenoxy) is 1. The molecule has 0 aliphatic carbocycles. The number of nitrogens with one attached hydrogen (secondary N) is 3. The van der Waals surface area contributed by atoms with Gasteiger partial charge in [-0.2, -0.15) is 0 Å². The van der Waals surface area contributed by atoms with Crippen LogP contribution >= 0.6 is 0 Å². The van der Waals surface area contributed by atoms with Crippen LogP contribution in [0.5, 0.6) is 0 Å². The van der Waals surface area contributed by atoms with E-state index in [4.69, 9.17) is 4.74 Å². The van der Waals surface area contributed by atoms with Crippen LogP contribution in [-0.2, 0) is 41.6 Å². The molecule has 0 unspecified atom stereocenters. The van der Waals surface area contributed by atoms with E-state index in [1.165, 1.54) is 18.9 Å². The lowest BCUT2D eigenvalue weighted by molar-refractivity contribution is -0.157. The normalized spacial score (nSPS) is 24.4. The molecule has 2 fully saturated rings. The molecule has 4 atom stereocenters. The Kier molecular flexibility index (Phi) is 10.0. The van der Waals surface area contributed by atoms with Gasteiger partial charge in [0.15, 0.2) is 6.10 Å². The van der Waals surface area contributed by atoms with E-state index in [0.717, 1.165) is 11.1 Å².